The number of hydrogen-bond acceptors (Lipinski definition) is 2. The van der Waals surface area contributed by atoms with E-state index in [4.69, 9.17) is 17.3 Å². The molecular formula is C11H14ClNO2. The number of carbonyl (C=O) groups is 1. The molecule has 0 fully saturated rings. The van der Waals surface area contributed by atoms with E-state index in [2.05, 4.69) is 0 Å². The number of amides is 1. The van der Waals surface area contributed by atoms with Gasteiger partial charge in [0.05, 0.1) is 12.0 Å². The lowest BCUT2D eigenvalue weighted by molar-refractivity contribution is -0.124. The van der Waals surface area contributed by atoms with Gasteiger partial charge in [0.1, 0.15) is 0 Å². The third-order valence-corrected chi connectivity index (χ3v) is 2.87. The number of primary amides is 1. The van der Waals surface area contributed by atoms with Crippen LogP contribution in [0.5, 0.6) is 0 Å². The molecule has 0 aliphatic rings. The predicted molar refractivity (Wildman–Crippen MR) is 59.5 cm³/mol. The van der Waals surface area contributed by atoms with Crippen molar-refractivity contribution in [3.05, 3.63) is 34.3 Å². The smallest absolute Gasteiger partial charge is 0.223 e. The molecule has 0 aromatic heterocycles. The Labute approximate surface area is 93.9 Å². The molecule has 0 aliphatic carbocycles. The first-order valence-electron chi connectivity index (χ1n) is 4.67. The van der Waals surface area contributed by atoms with Crippen LogP contribution in [0.2, 0.25) is 5.02 Å². The Bertz CT molecular complexity index is 379. The van der Waals surface area contributed by atoms with Crippen LogP contribution < -0.4 is 5.73 Å². The summed E-state index contributed by atoms with van der Waals surface area (Å²) >= 11 is 5.85. The second-order valence-corrected chi connectivity index (χ2v) is 4.05. The van der Waals surface area contributed by atoms with E-state index in [0.29, 0.717) is 10.6 Å². The van der Waals surface area contributed by atoms with Gasteiger partial charge in [-0.1, -0.05) is 30.7 Å². The van der Waals surface area contributed by atoms with Crippen LogP contribution in [0, 0.1) is 12.8 Å². The number of rotatable bonds is 3. The van der Waals surface area contributed by atoms with Gasteiger partial charge in [-0.15, -0.1) is 0 Å². The standard InChI is InChI=1S/C11H14ClNO2/c1-6-5-8(3-4-9(6)12)10(14)7(2)11(13)15/h3-5,7,10,14H,1-2H3,(H2,13,15). The summed E-state index contributed by atoms with van der Waals surface area (Å²) in [5, 5.41) is 10.5. The van der Waals surface area contributed by atoms with Gasteiger partial charge in [0.15, 0.2) is 0 Å². The Morgan fingerprint density at radius 1 is 1.53 bits per heavy atom. The highest BCUT2D eigenvalue weighted by Crippen LogP contribution is 2.25. The van der Waals surface area contributed by atoms with Crippen LogP contribution in [0.1, 0.15) is 24.2 Å². The van der Waals surface area contributed by atoms with Crippen LogP contribution >= 0.6 is 11.6 Å². The molecule has 3 nitrogen and oxygen atoms in total. The number of halogens is 1. The van der Waals surface area contributed by atoms with E-state index >= 15 is 0 Å². The fourth-order valence-corrected chi connectivity index (χ4v) is 1.41. The summed E-state index contributed by atoms with van der Waals surface area (Å²) in [5.41, 5.74) is 6.64. The predicted octanol–water partition coefficient (Wildman–Crippen LogP) is 1.80. The van der Waals surface area contributed by atoms with Gasteiger partial charge in [-0.05, 0) is 24.1 Å². The zero-order chi connectivity index (χ0) is 11.6. The van der Waals surface area contributed by atoms with Crippen molar-refractivity contribution in [2.24, 2.45) is 11.7 Å². The summed E-state index contributed by atoms with van der Waals surface area (Å²) in [5.74, 6) is -1.12. The third-order valence-electron chi connectivity index (χ3n) is 2.45. The molecule has 82 valence electrons. The van der Waals surface area contributed by atoms with Gasteiger partial charge in [-0.3, -0.25) is 4.79 Å². The van der Waals surface area contributed by atoms with Crippen molar-refractivity contribution in [2.45, 2.75) is 20.0 Å². The van der Waals surface area contributed by atoms with Crippen LogP contribution in [0.4, 0.5) is 0 Å². The van der Waals surface area contributed by atoms with Gasteiger partial charge in [0.25, 0.3) is 0 Å². The first kappa shape index (κ1) is 12.0. The van der Waals surface area contributed by atoms with Crippen LogP contribution in [0.3, 0.4) is 0 Å². The number of hydrogen-bond donors (Lipinski definition) is 2. The molecule has 0 aliphatic heterocycles. The highest BCUT2D eigenvalue weighted by Gasteiger charge is 2.21. The Balaban J connectivity index is 2.96. The maximum atomic E-state index is 10.9. The molecule has 0 radical (unpaired) electrons. The van der Waals surface area contributed by atoms with E-state index in [0.717, 1.165) is 5.56 Å². The van der Waals surface area contributed by atoms with Crippen molar-refractivity contribution in [2.75, 3.05) is 0 Å². The van der Waals surface area contributed by atoms with Crippen LogP contribution in [-0.4, -0.2) is 11.0 Å². The Morgan fingerprint density at radius 2 is 2.13 bits per heavy atom. The van der Waals surface area contributed by atoms with Gasteiger partial charge < -0.3 is 10.8 Å². The lowest BCUT2D eigenvalue weighted by Gasteiger charge is -2.16. The number of nitrogens with two attached hydrogens (primary N) is 1. The Morgan fingerprint density at radius 3 is 2.60 bits per heavy atom. The molecule has 1 aromatic rings. The fourth-order valence-electron chi connectivity index (χ4n) is 1.30. The molecule has 0 spiro atoms. The van der Waals surface area contributed by atoms with Crippen LogP contribution in [0.25, 0.3) is 0 Å². The van der Waals surface area contributed by atoms with Gasteiger partial charge in [0, 0.05) is 5.02 Å². The SMILES string of the molecule is Cc1cc(C(O)C(C)C(N)=O)ccc1Cl. The average Bonchev–Trinajstić information content (AvgIpc) is 2.19. The largest absolute Gasteiger partial charge is 0.388 e. The third kappa shape index (κ3) is 2.70. The highest BCUT2D eigenvalue weighted by atomic mass is 35.5. The van der Waals surface area contributed by atoms with Crippen molar-refractivity contribution in [3.63, 3.8) is 0 Å². The van der Waals surface area contributed by atoms with E-state index in [9.17, 15) is 9.90 Å². The molecule has 2 unspecified atom stereocenters. The zero-order valence-electron chi connectivity index (χ0n) is 8.70. The fraction of sp³-hybridized carbons (Fsp3) is 0.364. The van der Waals surface area contributed by atoms with Crippen molar-refractivity contribution in [1.29, 1.82) is 0 Å². The zero-order valence-corrected chi connectivity index (χ0v) is 9.45. The van der Waals surface area contributed by atoms with E-state index in [1.54, 1.807) is 25.1 Å². The van der Waals surface area contributed by atoms with E-state index in [-0.39, 0.29) is 0 Å². The summed E-state index contributed by atoms with van der Waals surface area (Å²) in [6, 6.07) is 5.15. The molecule has 1 rings (SSSR count). The monoisotopic (exact) mass is 227 g/mol. The lowest BCUT2D eigenvalue weighted by atomic mass is 9.96. The van der Waals surface area contributed by atoms with Gasteiger partial charge in [0.2, 0.25) is 5.91 Å². The summed E-state index contributed by atoms with van der Waals surface area (Å²) in [7, 11) is 0. The van der Waals surface area contributed by atoms with Crippen molar-refractivity contribution in [1.82, 2.24) is 0 Å². The Kier molecular flexibility index (Phi) is 3.72. The minimum Gasteiger partial charge on any atom is -0.388 e. The van der Waals surface area contributed by atoms with Crippen molar-refractivity contribution in [3.8, 4) is 0 Å². The molecule has 0 saturated carbocycles. The molecule has 3 N–H and O–H groups in total. The summed E-state index contributed by atoms with van der Waals surface area (Å²) in [4.78, 5) is 10.9. The van der Waals surface area contributed by atoms with Crippen molar-refractivity contribution >= 4 is 17.5 Å². The summed E-state index contributed by atoms with van der Waals surface area (Å²) < 4.78 is 0. The maximum Gasteiger partial charge on any atom is 0.223 e. The molecule has 15 heavy (non-hydrogen) atoms. The number of aliphatic hydroxyl groups is 1. The van der Waals surface area contributed by atoms with E-state index in [1.807, 2.05) is 6.92 Å². The first-order valence-corrected chi connectivity index (χ1v) is 5.04. The van der Waals surface area contributed by atoms with Gasteiger partial charge >= 0.3 is 0 Å². The lowest BCUT2D eigenvalue weighted by Crippen LogP contribution is -2.26. The molecular weight excluding hydrogens is 214 g/mol. The molecule has 0 bridgehead atoms. The first-order chi connectivity index (χ1) is 6.93. The normalized spacial score (nSPS) is 14.7. The van der Waals surface area contributed by atoms with Crippen molar-refractivity contribution < 1.29 is 9.90 Å². The maximum absolute atomic E-state index is 10.9. The molecule has 0 saturated heterocycles. The summed E-state index contributed by atoms with van der Waals surface area (Å²) in [6.45, 7) is 3.43. The second kappa shape index (κ2) is 4.64. The van der Waals surface area contributed by atoms with Gasteiger partial charge in [-0.25, -0.2) is 0 Å². The number of benzene rings is 1. The van der Waals surface area contributed by atoms with E-state index in [1.165, 1.54) is 0 Å². The minimum absolute atomic E-state index is 0.518. The number of aliphatic hydroxyl groups excluding tert-OH is 1. The Hall–Kier alpha value is -1.06. The molecule has 2 atom stereocenters. The van der Waals surface area contributed by atoms with Crippen LogP contribution in [0.15, 0.2) is 18.2 Å². The molecule has 4 heteroatoms. The topological polar surface area (TPSA) is 63.3 Å². The highest BCUT2D eigenvalue weighted by molar-refractivity contribution is 6.31. The number of carbonyl (C=O) groups excluding carboxylic acids is 1. The second-order valence-electron chi connectivity index (χ2n) is 3.64. The minimum atomic E-state index is -0.876. The molecule has 1 amide bonds. The van der Waals surface area contributed by atoms with Crippen LogP contribution in [-0.2, 0) is 4.79 Å². The number of aryl methyl sites for hydroxylation is 1. The molecule has 1 aromatic carbocycles. The quantitative estimate of drug-likeness (QED) is 0.827. The molecule has 0 heterocycles. The average molecular weight is 228 g/mol. The summed E-state index contributed by atoms with van der Waals surface area (Å²) in [6.07, 6.45) is -0.876. The van der Waals surface area contributed by atoms with Gasteiger partial charge in [-0.2, -0.15) is 0 Å². The van der Waals surface area contributed by atoms with E-state index < -0.39 is 17.9 Å².